The third-order valence-electron chi connectivity index (χ3n) is 3.22. The molecule has 3 nitrogen and oxygen atoms in total. The SMILES string of the molecule is Clc1ccc(CCNc2nccn2C2CC2)cc1. The lowest BCUT2D eigenvalue weighted by atomic mass is 10.1. The topological polar surface area (TPSA) is 29.9 Å². The van der Waals surface area contributed by atoms with Gasteiger partial charge in [0, 0.05) is 30.0 Å². The van der Waals surface area contributed by atoms with Crippen molar-refractivity contribution in [2.24, 2.45) is 0 Å². The zero-order valence-corrected chi connectivity index (χ0v) is 10.9. The van der Waals surface area contributed by atoms with Gasteiger partial charge in [0.15, 0.2) is 0 Å². The molecule has 0 aliphatic heterocycles. The largest absolute Gasteiger partial charge is 0.355 e. The summed E-state index contributed by atoms with van der Waals surface area (Å²) in [6.07, 6.45) is 7.46. The van der Waals surface area contributed by atoms with E-state index in [9.17, 15) is 0 Å². The van der Waals surface area contributed by atoms with E-state index in [4.69, 9.17) is 11.6 Å². The van der Waals surface area contributed by atoms with Gasteiger partial charge in [0.05, 0.1) is 0 Å². The van der Waals surface area contributed by atoms with Gasteiger partial charge in [0.1, 0.15) is 0 Å². The number of imidazole rings is 1. The number of hydrogen-bond acceptors (Lipinski definition) is 2. The normalized spacial score (nSPS) is 14.7. The summed E-state index contributed by atoms with van der Waals surface area (Å²) in [5.74, 6) is 0.992. The molecule has 0 radical (unpaired) electrons. The average molecular weight is 262 g/mol. The van der Waals surface area contributed by atoms with Crippen molar-refractivity contribution in [2.75, 3.05) is 11.9 Å². The molecule has 1 saturated carbocycles. The lowest BCUT2D eigenvalue weighted by Gasteiger charge is -2.08. The number of hydrogen-bond donors (Lipinski definition) is 1. The van der Waals surface area contributed by atoms with Crippen molar-refractivity contribution < 1.29 is 0 Å². The minimum atomic E-state index is 0.672. The van der Waals surface area contributed by atoms with E-state index in [-0.39, 0.29) is 0 Å². The Morgan fingerprint density at radius 1 is 1.28 bits per heavy atom. The van der Waals surface area contributed by atoms with Gasteiger partial charge < -0.3 is 9.88 Å². The molecule has 1 fully saturated rings. The number of rotatable bonds is 5. The van der Waals surface area contributed by atoms with Gasteiger partial charge in [0.25, 0.3) is 0 Å². The fourth-order valence-electron chi connectivity index (χ4n) is 2.07. The highest BCUT2D eigenvalue weighted by atomic mass is 35.5. The predicted octanol–water partition coefficient (Wildman–Crippen LogP) is 3.53. The molecule has 0 amide bonds. The molecule has 3 rings (SSSR count). The monoisotopic (exact) mass is 261 g/mol. The highest BCUT2D eigenvalue weighted by molar-refractivity contribution is 6.30. The Bertz CT molecular complexity index is 514. The van der Waals surface area contributed by atoms with E-state index in [1.165, 1.54) is 18.4 Å². The minimum absolute atomic E-state index is 0.672. The summed E-state index contributed by atoms with van der Waals surface area (Å²) in [6, 6.07) is 8.67. The number of anilines is 1. The molecule has 1 aromatic heterocycles. The van der Waals surface area contributed by atoms with Gasteiger partial charge in [-0.1, -0.05) is 23.7 Å². The maximum Gasteiger partial charge on any atom is 0.203 e. The third kappa shape index (κ3) is 2.67. The van der Waals surface area contributed by atoms with Crippen LogP contribution in [0.2, 0.25) is 5.02 Å². The van der Waals surface area contributed by atoms with E-state index >= 15 is 0 Å². The summed E-state index contributed by atoms with van der Waals surface area (Å²) in [5.41, 5.74) is 1.29. The number of nitrogens with zero attached hydrogens (tertiary/aromatic N) is 2. The molecule has 1 heterocycles. The molecule has 0 saturated heterocycles. The molecule has 18 heavy (non-hydrogen) atoms. The summed E-state index contributed by atoms with van der Waals surface area (Å²) in [4.78, 5) is 4.35. The first-order chi connectivity index (χ1) is 8.83. The fraction of sp³-hybridized carbons (Fsp3) is 0.357. The van der Waals surface area contributed by atoms with Gasteiger partial charge in [-0.2, -0.15) is 0 Å². The predicted molar refractivity (Wildman–Crippen MR) is 74.1 cm³/mol. The molecule has 1 aromatic carbocycles. The van der Waals surface area contributed by atoms with Crippen LogP contribution in [0.25, 0.3) is 0 Å². The second-order valence-electron chi connectivity index (χ2n) is 4.69. The Morgan fingerprint density at radius 3 is 2.78 bits per heavy atom. The molecule has 1 aliphatic rings. The van der Waals surface area contributed by atoms with Gasteiger partial charge >= 0.3 is 0 Å². The zero-order chi connectivity index (χ0) is 12.4. The number of benzene rings is 1. The first kappa shape index (κ1) is 11.6. The molecule has 1 aliphatic carbocycles. The third-order valence-corrected chi connectivity index (χ3v) is 3.47. The van der Waals surface area contributed by atoms with E-state index in [0.717, 1.165) is 23.9 Å². The first-order valence-corrected chi connectivity index (χ1v) is 6.72. The lowest BCUT2D eigenvalue weighted by molar-refractivity contribution is 0.742. The highest BCUT2D eigenvalue weighted by Crippen LogP contribution is 2.36. The number of aromatic nitrogens is 2. The molecular formula is C14H16ClN3. The van der Waals surface area contributed by atoms with E-state index in [1.54, 1.807) is 0 Å². The Labute approximate surface area is 112 Å². The van der Waals surface area contributed by atoms with Gasteiger partial charge in [-0.05, 0) is 37.0 Å². The number of nitrogens with one attached hydrogen (secondary N) is 1. The maximum atomic E-state index is 5.86. The molecular weight excluding hydrogens is 246 g/mol. The van der Waals surface area contributed by atoms with Crippen molar-refractivity contribution in [3.63, 3.8) is 0 Å². The van der Waals surface area contributed by atoms with Gasteiger partial charge in [0.2, 0.25) is 5.95 Å². The Morgan fingerprint density at radius 2 is 2.06 bits per heavy atom. The summed E-state index contributed by atoms with van der Waals surface area (Å²) in [5, 5.41) is 4.18. The summed E-state index contributed by atoms with van der Waals surface area (Å²) in [7, 11) is 0. The summed E-state index contributed by atoms with van der Waals surface area (Å²) >= 11 is 5.86. The number of halogens is 1. The standard InChI is InChI=1S/C14H16ClN3/c15-12-3-1-11(2-4-12)7-8-16-14-17-9-10-18(14)13-5-6-13/h1-4,9-10,13H,5-8H2,(H,16,17). The van der Waals surface area contributed by atoms with Crippen LogP contribution in [0.3, 0.4) is 0 Å². The molecule has 0 atom stereocenters. The van der Waals surface area contributed by atoms with Gasteiger partial charge in [-0.25, -0.2) is 4.98 Å². The Hall–Kier alpha value is -1.48. The lowest BCUT2D eigenvalue weighted by Crippen LogP contribution is -2.09. The molecule has 0 unspecified atom stereocenters. The zero-order valence-electron chi connectivity index (χ0n) is 10.1. The van der Waals surface area contributed by atoms with Crippen molar-refractivity contribution >= 4 is 17.5 Å². The second kappa shape index (κ2) is 5.02. The van der Waals surface area contributed by atoms with Crippen LogP contribution in [0.4, 0.5) is 5.95 Å². The van der Waals surface area contributed by atoms with E-state index in [0.29, 0.717) is 6.04 Å². The fourth-order valence-corrected chi connectivity index (χ4v) is 2.19. The maximum absolute atomic E-state index is 5.86. The van der Waals surface area contributed by atoms with Crippen LogP contribution < -0.4 is 5.32 Å². The van der Waals surface area contributed by atoms with Crippen LogP contribution in [0.5, 0.6) is 0 Å². The van der Waals surface area contributed by atoms with E-state index in [2.05, 4.69) is 33.2 Å². The highest BCUT2D eigenvalue weighted by Gasteiger charge is 2.25. The van der Waals surface area contributed by atoms with Gasteiger partial charge in [-0.15, -0.1) is 0 Å². The first-order valence-electron chi connectivity index (χ1n) is 6.34. The minimum Gasteiger partial charge on any atom is -0.355 e. The smallest absolute Gasteiger partial charge is 0.203 e. The van der Waals surface area contributed by atoms with Crippen LogP contribution in [0.1, 0.15) is 24.4 Å². The van der Waals surface area contributed by atoms with Crippen molar-refractivity contribution in [2.45, 2.75) is 25.3 Å². The molecule has 94 valence electrons. The van der Waals surface area contributed by atoms with Crippen LogP contribution in [0, 0.1) is 0 Å². The van der Waals surface area contributed by atoms with E-state index in [1.807, 2.05) is 18.3 Å². The molecule has 4 heteroatoms. The average Bonchev–Trinajstić information content (AvgIpc) is 3.12. The molecule has 1 N–H and O–H groups in total. The van der Waals surface area contributed by atoms with Crippen molar-refractivity contribution in [3.05, 3.63) is 47.2 Å². The van der Waals surface area contributed by atoms with E-state index < -0.39 is 0 Å². The van der Waals surface area contributed by atoms with Crippen LogP contribution in [-0.4, -0.2) is 16.1 Å². The molecule has 0 spiro atoms. The van der Waals surface area contributed by atoms with Crippen LogP contribution >= 0.6 is 11.6 Å². The molecule has 0 bridgehead atoms. The van der Waals surface area contributed by atoms with Gasteiger partial charge in [-0.3, -0.25) is 0 Å². The van der Waals surface area contributed by atoms with Crippen LogP contribution in [-0.2, 0) is 6.42 Å². The van der Waals surface area contributed by atoms with Crippen LogP contribution in [0.15, 0.2) is 36.7 Å². The Kier molecular flexibility index (Phi) is 3.24. The second-order valence-corrected chi connectivity index (χ2v) is 5.13. The van der Waals surface area contributed by atoms with Crippen molar-refractivity contribution in [1.82, 2.24) is 9.55 Å². The summed E-state index contributed by atoms with van der Waals surface area (Å²) in [6.45, 7) is 0.894. The Balaban J connectivity index is 1.55. The molecule has 2 aromatic rings. The van der Waals surface area contributed by atoms with Crippen molar-refractivity contribution in [1.29, 1.82) is 0 Å². The van der Waals surface area contributed by atoms with Crippen molar-refractivity contribution in [3.8, 4) is 0 Å². The summed E-state index contributed by atoms with van der Waals surface area (Å²) < 4.78 is 2.24. The quantitative estimate of drug-likeness (QED) is 0.892.